The largest absolute Gasteiger partial charge is 0.444 e. The van der Waals surface area contributed by atoms with E-state index in [0.717, 1.165) is 61.2 Å². The zero-order valence-electron chi connectivity index (χ0n) is 20.2. The van der Waals surface area contributed by atoms with Crippen molar-refractivity contribution in [3.8, 4) is 0 Å². The van der Waals surface area contributed by atoms with Crippen LogP contribution in [0.2, 0.25) is 0 Å². The van der Waals surface area contributed by atoms with Gasteiger partial charge in [-0.1, -0.05) is 6.08 Å². The van der Waals surface area contributed by atoms with Gasteiger partial charge < -0.3 is 24.2 Å². The number of carbonyl (C=O) groups is 1. The maximum Gasteiger partial charge on any atom is 0.410 e. The van der Waals surface area contributed by atoms with Crippen molar-refractivity contribution in [2.45, 2.75) is 39.2 Å². The van der Waals surface area contributed by atoms with Crippen LogP contribution in [-0.2, 0) is 15.9 Å². The molecule has 180 valence electrons. The maximum atomic E-state index is 12.5. The minimum absolute atomic E-state index is 0.271. The molecular formula is C25H32N6O3. The molecule has 1 saturated heterocycles. The van der Waals surface area contributed by atoms with Gasteiger partial charge in [-0.05, 0) is 51.3 Å². The van der Waals surface area contributed by atoms with E-state index in [-0.39, 0.29) is 6.09 Å². The first kappa shape index (κ1) is 22.6. The summed E-state index contributed by atoms with van der Waals surface area (Å²) in [7, 11) is 0. The van der Waals surface area contributed by atoms with Crippen LogP contribution in [0.1, 0.15) is 38.4 Å². The lowest BCUT2D eigenvalue weighted by molar-refractivity contribution is 0.0270. The molecule has 34 heavy (non-hydrogen) atoms. The van der Waals surface area contributed by atoms with Gasteiger partial charge in [-0.3, -0.25) is 4.98 Å². The van der Waals surface area contributed by atoms with Gasteiger partial charge in [-0.25, -0.2) is 9.78 Å². The Morgan fingerprint density at radius 3 is 2.59 bits per heavy atom. The van der Waals surface area contributed by atoms with Crippen LogP contribution < -0.4 is 9.80 Å². The molecule has 0 saturated carbocycles. The summed E-state index contributed by atoms with van der Waals surface area (Å²) in [6.45, 7) is 10.5. The standard InChI is InChI=1S/C25H32N6O3/c1-25(2,3)34-24(32)30-10-6-18(7-11-30)21-20-8-12-31(19-5-4-9-26-17-19)22(20)28-23(27-21)29-13-15-33-16-14-29/h4-6,9,17H,7-8,10-16H2,1-3H3. The summed E-state index contributed by atoms with van der Waals surface area (Å²) in [6.07, 6.45) is 7.12. The monoisotopic (exact) mass is 464 g/mol. The molecule has 0 radical (unpaired) electrons. The third-order valence-corrected chi connectivity index (χ3v) is 6.23. The van der Waals surface area contributed by atoms with Crippen molar-refractivity contribution >= 4 is 29.1 Å². The van der Waals surface area contributed by atoms with Crippen LogP contribution in [0.15, 0.2) is 30.6 Å². The third kappa shape index (κ3) is 4.70. The van der Waals surface area contributed by atoms with E-state index in [9.17, 15) is 4.79 Å². The SMILES string of the molecule is CC(C)(C)OC(=O)N1CC=C(c2nc(N3CCOCC3)nc3c2CCN3c2cccnc2)CC1. The van der Waals surface area contributed by atoms with Gasteiger partial charge in [0.15, 0.2) is 0 Å². The summed E-state index contributed by atoms with van der Waals surface area (Å²) < 4.78 is 11.1. The van der Waals surface area contributed by atoms with Gasteiger partial charge in [0.2, 0.25) is 5.95 Å². The minimum atomic E-state index is -0.503. The fourth-order valence-corrected chi connectivity index (χ4v) is 4.56. The van der Waals surface area contributed by atoms with E-state index >= 15 is 0 Å². The van der Waals surface area contributed by atoms with E-state index in [1.165, 1.54) is 5.57 Å². The number of carbonyl (C=O) groups excluding carboxylic acids is 1. The van der Waals surface area contributed by atoms with E-state index in [1.807, 2.05) is 33.0 Å². The van der Waals surface area contributed by atoms with Crippen LogP contribution in [0.4, 0.5) is 22.2 Å². The smallest absolute Gasteiger partial charge is 0.410 e. The summed E-state index contributed by atoms with van der Waals surface area (Å²) in [5.41, 5.74) is 3.87. The zero-order chi connectivity index (χ0) is 23.7. The summed E-state index contributed by atoms with van der Waals surface area (Å²) in [6, 6.07) is 4.02. The van der Waals surface area contributed by atoms with Crippen molar-refractivity contribution in [2.24, 2.45) is 0 Å². The fraction of sp³-hybridized carbons (Fsp3) is 0.520. The summed E-state index contributed by atoms with van der Waals surface area (Å²) in [5.74, 6) is 1.69. The summed E-state index contributed by atoms with van der Waals surface area (Å²) in [4.78, 5) is 33.1. The highest BCUT2D eigenvalue weighted by Crippen LogP contribution is 2.38. The van der Waals surface area contributed by atoms with Crippen molar-refractivity contribution in [1.29, 1.82) is 0 Å². The van der Waals surface area contributed by atoms with E-state index in [4.69, 9.17) is 19.4 Å². The topological polar surface area (TPSA) is 83.9 Å². The number of aromatic nitrogens is 3. The Kier molecular flexibility index (Phi) is 6.12. The number of hydrogen-bond acceptors (Lipinski definition) is 8. The van der Waals surface area contributed by atoms with Crippen LogP contribution in [0.5, 0.6) is 0 Å². The van der Waals surface area contributed by atoms with E-state index in [2.05, 4.69) is 26.9 Å². The van der Waals surface area contributed by atoms with Gasteiger partial charge in [0.1, 0.15) is 11.4 Å². The molecule has 5 heterocycles. The number of hydrogen-bond donors (Lipinski definition) is 0. The summed E-state index contributed by atoms with van der Waals surface area (Å²) >= 11 is 0. The average Bonchev–Trinajstić information content (AvgIpc) is 3.28. The van der Waals surface area contributed by atoms with Crippen molar-refractivity contribution in [2.75, 3.05) is 55.7 Å². The van der Waals surface area contributed by atoms with Crippen LogP contribution >= 0.6 is 0 Å². The number of anilines is 3. The Morgan fingerprint density at radius 1 is 1.09 bits per heavy atom. The van der Waals surface area contributed by atoms with Crippen LogP contribution in [-0.4, -0.2) is 77.5 Å². The molecule has 2 aromatic rings. The number of nitrogens with zero attached hydrogens (tertiary/aromatic N) is 6. The van der Waals surface area contributed by atoms with E-state index < -0.39 is 5.60 Å². The normalized spacial score (nSPS) is 18.6. The maximum absolute atomic E-state index is 12.5. The van der Waals surface area contributed by atoms with E-state index in [1.54, 1.807) is 11.1 Å². The Balaban J connectivity index is 1.47. The fourth-order valence-electron chi connectivity index (χ4n) is 4.56. The van der Waals surface area contributed by atoms with Crippen LogP contribution in [0.25, 0.3) is 5.57 Å². The highest BCUT2D eigenvalue weighted by Gasteiger charge is 2.31. The quantitative estimate of drug-likeness (QED) is 0.683. The Morgan fingerprint density at radius 2 is 1.91 bits per heavy atom. The lowest BCUT2D eigenvalue weighted by Crippen LogP contribution is -2.39. The molecule has 0 atom stereocenters. The third-order valence-electron chi connectivity index (χ3n) is 6.23. The van der Waals surface area contributed by atoms with Crippen molar-refractivity contribution < 1.29 is 14.3 Å². The Bertz CT molecular complexity index is 1080. The molecule has 0 N–H and O–H groups in total. The molecule has 0 bridgehead atoms. The highest BCUT2D eigenvalue weighted by molar-refractivity contribution is 5.78. The first-order chi connectivity index (χ1) is 16.4. The number of morpholine rings is 1. The molecule has 2 aromatic heterocycles. The average molecular weight is 465 g/mol. The van der Waals surface area contributed by atoms with Gasteiger partial charge in [-0.15, -0.1) is 0 Å². The molecule has 1 amide bonds. The molecule has 5 rings (SSSR count). The van der Waals surface area contributed by atoms with Crippen LogP contribution in [0, 0.1) is 0 Å². The second-order valence-corrected chi connectivity index (χ2v) is 9.79. The van der Waals surface area contributed by atoms with Crippen LogP contribution in [0.3, 0.4) is 0 Å². The Hall–Kier alpha value is -3.20. The van der Waals surface area contributed by atoms with Gasteiger partial charge in [-0.2, -0.15) is 4.98 Å². The van der Waals surface area contributed by atoms with E-state index in [0.29, 0.717) is 26.3 Å². The minimum Gasteiger partial charge on any atom is -0.444 e. The molecule has 9 nitrogen and oxygen atoms in total. The van der Waals surface area contributed by atoms with Gasteiger partial charge in [0.05, 0.1) is 30.8 Å². The molecule has 3 aliphatic heterocycles. The molecule has 9 heteroatoms. The first-order valence-corrected chi connectivity index (χ1v) is 12.0. The zero-order valence-corrected chi connectivity index (χ0v) is 20.2. The van der Waals surface area contributed by atoms with Crippen molar-refractivity contribution in [3.05, 3.63) is 41.9 Å². The lowest BCUT2D eigenvalue weighted by Gasteiger charge is -2.31. The number of amides is 1. The first-order valence-electron chi connectivity index (χ1n) is 12.0. The molecule has 0 aromatic carbocycles. The van der Waals surface area contributed by atoms with Gasteiger partial charge in [0, 0.05) is 44.5 Å². The lowest BCUT2D eigenvalue weighted by atomic mass is 10.00. The molecule has 0 unspecified atom stereocenters. The van der Waals surface area contributed by atoms with Gasteiger partial charge in [0.25, 0.3) is 0 Å². The highest BCUT2D eigenvalue weighted by atomic mass is 16.6. The summed E-state index contributed by atoms with van der Waals surface area (Å²) in [5, 5.41) is 0. The number of fused-ring (bicyclic) bond motifs is 1. The number of rotatable bonds is 3. The molecular weight excluding hydrogens is 432 g/mol. The van der Waals surface area contributed by atoms with Gasteiger partial charge >= 0.3 is 6.09 Å². The number of ether oxygens (including phenoxy) is 2. The predicted octanol–water partition coefficient (Wildman–Crippen LogP) is 3.43. The second-order valence-electron chi connectivity index (χ2n) is 9.79. The Labute approximate surface area is 200 Å². The van der Waals surface area contributed by atoms with Crippen molar-refractivity contribution in [3.63, 3.8) is 0 Å². The second kappa shape index (κ2) is 9.21. The molecule has 3 aliphatic rings. The molecule has 1 fully saturated rings. The number of pyridine rings is 1. The molecule has 0 aliphatic carbocycles. The predicted molar refractivity (Wildman–Crippen MR) is 130 cm³/mol. The van der Waals surface area contributed by atoms with Crippen molar-refractivity contribution in [1.82, 2.24) is 19.9 Å². The molecule has 0 spiro atoms.